The predicted octanol–water partition coefficient (Wildman–Crippen LogP) is 1.74. The number of hydrogen-bond acceptors (Lipinski definition) is 5. The van der Waals surface area contributed by atoms with Gasteiger partial charge in [-0.1, -0.05) is 6.07 Å². The van der Waals surface area contributed by atoms with Gasteiger partial charge in [0.05, 0.1) is 26.4 Å². The van der Waals surface area contributed by atoms with Crippen LogP contribution in [0, 0.1) is 0 Å². The van der Waals surface area contributed by atoms with Gasteiger partial charge in [-0.05, 0) is 37.5 Å². The van der Waals surface area contributed by atoms with Crippen LogP contribution in [0.25, 0.3) is 0 Å². The highest BCUT2D eigenvalue weighted by Gasteiger charge is 2.18. The summed E-state index contributed by atoms with van der Waals surface area (Å²) in [5.41, 5.74) is 0.0938. The summed E-state index contributed by atoms with van der Waals surface area (Å²) in [7, 11) is 3.19. The third-order valence-electron chi connectivity index (χ3n) is 3.15. The van der Waals surface area contributed by atoms with E-state index in [0.29, 0.717) is 37.6 Å². The van der Waals surface area contributed by atoms with E-state index in [-0.39, 0.29) is 6.61 Å². The van der Waals surface area contributed by atoms with Crippen LogP contribution in [0.1, 0.15) is 25.3 Å². The molecule has 1 aromatic carbocycles. The fraction of sp³-hybridized carbons (Fsp3) is 0.600. The largest absolute Gasteiger partial charge is 0.493 e. The second-order valence-electron chi connectivity index (χ2n) is 4.96. The molecular formula is C15H24O5. The third kappa shape index (κ3) is 5.36. The molecule has 0 saturated heterocycles. The van der Waals surface area contributed by atoms with Crippen LogP contribution in [0.4, 0.5) is 0 Å². The first-order chi connectivity index (χ1) is 9.52. The molecule has 0 radical (unpaired) electrons. The average molecular weight is 284 g/mol. The van der Waals surface area contributed by atoms with Gasteiger partial charge in [-0.15, -0.1) is 0 Å². The number of benzene rings is 1. The lowest BCUT2D eigenvalue weighted by Gasteiger charge is -2.21. The van der Waals surface area contributed by atoms with Gasteiger partial charge in [0, 0.05) is 13.2 Å². The van der Waals surface area contributed by atoms with Crippen molar-refractivity contribution in [3.8, 4) is 11.5 Å². The molecule has 0 saturated carbocycles. The lowest BCUT2D eigenvalue weighted by atomic mass is 9.99. The normalized spacial score (nSPS) is 13.8. The molecule has 0 aliphatic heterocycles. The van der Waals surface area contributed by atoms with Crippen molar-refractivity contribution in [2.24, 2.45) is 0 Å². The van der Waals surface area contributed by atoms with Crippen LogP contribution in [0.2, 0.25) is 0 Å². The molecule has 5 heteroatoms. The van der Waals surface area contributed by atoms with Crippen LogP contribution in [-0.4, -0.2) is 43.2 Å². The Morgan fingerprint density at radius 3 is 2.40 bits per heavy atom. The summed E-state index contributed by atoms with van der Waals surface area (Å²) in [6.07, 6.45) is 0.841. The highest BCUT2D eigenvalue weighted by Crippen LogP contribution is 2.27. The van der Waals surface area contributed by atoms with Crippen LogP contribution < -0.4 is 9.47 Å². The molecule has 1 rings (SSSR count). The molecule has 0 heterocycles. The zero-order valence-electron chi connectivity index (χ0n) is 12.4. The van der Waals surface area contributed by atoms with Gasteiger partial charge in [-0.25, -0.2) is 0 Å². The minimum atomic E-state index is -0.883. The Morgan fingerprint density at radius 2 is 1.80 bits per heavy atom. The van der Waals surface area contributed by atoms with E-state index >= 15 is 0 Å². The maximum absolute atomic E-state index is 9.89. The molecule has 1 aromatic rings. The molecule has 0 fully saturated rings. The van der Waals surface area contributed by atoms with Gasteiger partial charge < -0.3 is 24.4 Å². The van der Waals surface area contributed by atoms with Crippen molar-refractivity contribution in [3.05, 3.63) is 23.8 Å². The highest BCUT2D eigenvalue weighted by molar-refractivity contribution is 5.42. The average Bonchev–Trinajstić information content (AvgIpc) is 2.43. The Balaban J connectivity index is 2.42. The first-order valence-electron chi connectivity index (χ1n) is 6.64. The van der Waals surface area contributed by atoms with E-state index in [1.54, 1.807) is 21.1 Å². The van der Waals surface area contributed by atoms with Gasteiger partial charge in [-0.2, -0.15) is 0 Å². The Labute approximate surface area is 120 Å². The van der Waals surface area contributed by atoms with Crippen molar-refractivity contribution in [3.63, 3.8) is 0 Å². The quantitative estimate of drug-likeness (QED) is 0.676. The summed E-state index contributed by atoms with van der Waals surface area (Å²) in [6.45, 7) is 2.54. The van der Waals surface area contributed by atoms with Crippen molar-refractivity contribution in [2.75, 3.05) is 27.4 Å². The Hall–Kier alpha value is -1.30. The fourth-order valence-corrected chi connectivity index (χ4v) is 1.82. The molecule has 0 unspecified atom stereocenters. The first-order valence-corrected chi connectivity index (χ1v) is 6.64. The predicted molar refractivity (Wildman–Crippen MR) is 76.1 cm³/mol. The Bertz CT molecular complexity index is 403. The third-order valence-corrected chi connectivity index (χ3v) is 3.15. The summed E-state index contributed by atoms with van der Waals surface area (Å²) in [5, 5.41) is 18.7. The SMILES string of the molecule is COc1ccc(COCC[C@](C)(O)CCO)cc1OC. The number of aliphatic hydroxyl groups is 2. The highest BCUT2D eigenvalue weighted by atomic mass is 16.5. The first kappa shape index (κ1) is 16.8. The summed E-state index contributed by atoms with van der Waals surface area (Å²) < 4.78 is 15.9. The van der Waals surface area contributed by atoms with Crippen LogP contribution in [0.5, 0.6) is 11.5 Å². The number of aliphatic hydroxyl groups excluding tert-OH is 1. The fourth-order valence-electron chi connectivity index (χ4n) is 1.82. The van der Waals surface area contributed by atoms with E-state index in [1.165, 1.54) is 0 Å². The zero-order chi connectivity index (χ0) is 15.0. The number of ether oxygens (including phenoxy) is 3. The van der Waals surface area contributed by atoms with Gasteiger partial charge in [0.25, 0.3) is 0 Å². The monoisotopic (exact) mass is 284 g/mol. The molecule has 114 valence electrons. The van der Waals surface area contributed by atoms with E-state index in [1.807, 2.05) is 18.2 Å². The van der Waals surface area contributed by atoms with Gasteiger partial charge in [0.2, 0.25) is 0 Å². The molecular weight excluding hydrogens is 260 g/mol. The molecule has 5 nitrogen and oxygen atoms in total. The molecule has 0 bridgehead atoms. The van der Waals surface area contributed by atoms with Crippen LogP contribution in [0.15, 0.2) is 18.2 Å². The molecule has 20 heavy (non-hydrogen) atoms. The molecule has 0 amide bonds. The zero-order valence-corrected chi connectivity index (χ0v) is 12.4. The summed E-state index contributed by atoms with van der Waals surface area (Å²) in [6, 6.07) is 5.61. The second kappa shape index (κ2) is 8.09. The lowest BCUT2D eigenvalue weighted by Crippen LogP contribution is -2.27. The molecule has 2 N–H and O–H groups in total. The number of rotatable bonds is 9. The summed E-state index contributed by atoms with van der Waals surface area (Å²) in [5.74, 6) is 1.35. The minimum absolute atomic E-state index is 0.0251. The molecule has 0 aromatic heterocycles. The second-order valence-corrected chi connectivity index (χ2v) is 4.96. The Kier molecular flexibility index (Phi) is 6.78. The minimum Gasteiger partial charge on any atom is -0.493 e. The lowest BCUT2D eigenvalue weighted by molar-refractivity contribution is -0.00596. The van der Waals surface area contributed by atoms with Crippen LogP contribution >= 0.6 is 0 Å². The molecule has 1 atom stereocenters. The van der Waals surface area contributed by atoms with Crippen molar-refractivity contribution in [2.45, 2.75) is 32.0 Å². The maximum Gasteiger partial charge on any atom is 0.161 e. The Morgan fingerprint density at radius 1 is 1.10 bits per heavy atom. The van der Waals surface area contributed by atoms with Gasteiger partial charge in [0.1, 0.15) is 0 Å². The van der Waals surface area contributed by atoms with Crippen molar-refractivity contribution in [1.82, 2.24) is 0 Å². The smallest absolute Gasteiger partial charge is 0.161 e. The van der Waals surface area contributed by atoms with Crippen LogP contribution in [-0.2, 0) is 11.3 Å². The molecule has 0 spiro atoms. The van der Waals surface area contributed by atoms with E-state index in [2.05, 4.69) is 0 Å². The standard InChI is InChI=1S/C15H24O5/c1-15(17,6-8-16)7-9-20-11-12-4-5-13(18-2)14(10-12)19-3/h4-5,10,16-17H,6-9,11H2,1-3H3/t15-/m1/s1. The van der Waals surface area contributed by atoms with E-state index in [4.69, 9.17) is 19.3 Å². The van der Waals surface area contributed by atoms with Crippen molar-refractivity contribution >= 4 is 0 Å². The topological polar surface area (TPSA) is 68.2 Å². The van der Waals surface area contributed by atoms with Crippen molar-refractivity contribution in [1.29, 1.82) is 0 Å². The number of methoxy groups -OCH3 is 2. The van der Waals surface area contributed by atoms with Crippen LogP contribution in [0.3, 0.4) is 0 Å². The van der Waals surface area contributed by atoms with E-state index in [0.717, 1.165) is 5.56 Å². The van der Waals surface area contributed by atoms with Gasteiger partial charge in [0.15, 0.2) is 11.5 Å². The molecule has 0 aliphatic rings. The van der Waals surface area contributed by atoms with E-state index < -0.39 is 5.60 Å². The van der Waals surface area contributed by atoms with Gasteiger partial charge in [-0.3, -0.25) is 0 Å². The van der Waals surface area contributed by atoms with E-state index in [9.17, 15) is 5.11 Å². The maximum atomic E-state index is 9.89. The molecule has 0 aliphatic carbocycles. The van der Waals surface area contributed by atoms with Crippen molar-refractivity contribution < 1.29 is 24.4 Å². The summed E-state index contributed by atoms with van der Waals surface area (Å²) >= 11 is 0. The number of hydrogen-bond donors (Lipinski definition) is 2. The van der Waals surface area contributed by atoms with Gasteiger partial charge >= 0.3 is 0 Å². The summed E-state index contributed by atoms with van der Waals surface area (Å²) in [4.78, 5) is 0.